The van der Waals surface area contributed by atoms with Gasteiger partial charge in [-0.1, -0.05) is 37.2 Å². The number of anilines is 1. The van der Waals surface area contributed by atoms with Crippen LogP contribution in [-0.4, -0.2) is 23.2 Å². The average molecular weight is 286 g/mol. The van der Waals surface area contributed by atoms with Gasteiger partial charge in [-0.2, -0.15) is 4.98 Å². The first-order chi connectivity index (χ1) is 10.1. The molecule has 21 heavy (non-hydrogen) atoms. The molecular formula is C16H22N4O. The number of nitrogens with zero attached hydrogens (tertiary/aromatic N) is 3. The Morgan fingerprint density at radius 2 is 1.86 bits per heavy atom. The normalized spacial score (nSPS) is 18.2. The molecule has 0 bridgehead atoms. The van der Waals surface area contributed by atoms with Gasteiger partial charge < -0.3 is 15.2 Å². The molecule has 0 atom stereocenters. The van der Waals surface area contributed by atoms with Gasteiger partial charge in [0.2, 0.25) is 5.89 Å². The van der Waals surface area contributed by atoms with Gasteiger partial charge in [0.15, 0.2) is 5.82 Å². The lowest BCUT2D eigenvalue weighted by atomic mass is 9.87. The molecule has 2 heterocycles. The van der Waals surface area contributed by atoms with Crippen molar-refractivity contribution in [2.75, 3.05) is 18.0 Å². The smallest absolute Gasteiger partial charge is 0.229 e. The Bertz CT molecular complexity index is 585. The highest BCUT2D eigenvalue weighted by molar-refractivity contribution is 5.46. The highest BCUT2D eigenvalue weighted by Crippen LogP contribution is 2.31. The summed E-state index contributed by atoms with van der Waals surface area (Å²) in [6.07, 6.45) is 1.66. The van der Waals surface area contributed by atoms with Crippen molar-refractivity contribution in [1.82, 2.24) is 10.1 Å². The predicted octanol–water partition coefficient (Wildman–Crippen LogP) is 2.65. The number of nitrogens with two attached hydrogens (primary N) is 1. The monoisotopic (exact) mass is 286 g/mol. The third-order valence-electron chi connectivity index (χ3n) is 4.16. The summed E-state index contributed by atoms with van der Waals surface area (Å²) in [4.78, 5) is 6.84. The van der Waals surface area contributed by atoms with E-state index < -0.39 is 5.54 Å². The highest BCUT2D eigenvalue weighted by atomic mass is 16.5. The summed E-state index contributed by atoms with van der Waals surface area (Å²) in [6.45, 7) is 5.90. The molecule has 2 aromatic rings. The standard InChI is InChI=1S/C16H22N4O/c1-12(2)14-18-15(19-21-14)16(17)8-10-20(11-9-16)13-6-4-3-5-7-13/h3-7,12H,8-11,17H2,1-2H3. The van der Waals surface area contributed by atoms with Crippen molar-refractivity contribution in [3.63, 3.8) is 0 Å². The number of aromatic nitrogens is 2. The van der Waals surface area contributed by atoms with Crippen LogP contribution in [0.25, 0.3) is 0 Å². The molecule has 1 aliphatic rings. The Labute approximate surface area is 125 Å². The van der Waals surface area contributed by atoms with E-state index in [-0.39, 0.29) is 5.92 Å². The van der Waals surface area contributed by atoms with Gasteiger partial charge in [0, 0.05) is 24.7 Å². The predicted molar refractivity (Wildman–Crippen MR) is 82.1 cm³/mol. The van der Waals surface area contributed by atoms with E-state index in [2.05, 4.69) is 39.3 Å². The second-order valence-corrected chi connectivity index (χ2v) is 6.09. The quantitative estimate of drug-likeness (QED) is 0.939. The summed E-state index contributed by atoms with van der Waals surface area (Å²) in [5.41, 5.74) is 7.30. The van der Waals surface area contributed by atoms with Crippen molar-refractivity contribution in [1.29, 1.82) is 0 Å². The number of hydrogen-bond acceptors (Lipinski definition) is 5. The van der Waals surface area contributed by atoms with Crippen LogP contribution in [0.2, 0.25) is 0 Å². The van der Waals surface area contributed by atoms with E-state index in [9.17, 15) is 0 Å². The number of benzene rings is 1. The minimum Gasteiger partial charge on any atom is -0.371 e. The summed E-state index contributed by atoms with van der Waals surface area (Å²) >= 11 is 0. The van der Waals surface area contributed by atoms with Crippen LogP contribution in [0.5, 0.6) is 0 Å². The summed E-state index contributed by atoms with van der Waals surface area (Å²) in [7, 11) is 0. The van der Waals surface area contributed by atoms with Gasteiger partial charge in [-0.3, -0.25) is 0 Å². The van der Waals surface area contributed by atoms with Crippen molar-refractivity contribution in [2.24, 2.45) is 5.73 Å². The van der Waals surface area contributed by atoms with Gasteiger partial charge in [0.25, 0.3) is 0 Å². The van der Waals surface area contributed by atoms with Crippen LogP contribution >= 0.6 is 0 Å². The van der Waals surface area contributed by atoms with E-state index in [1.807, 2.05) is 19.9 Å². The molecule has 1 aromatic carbocycles. The summed E-state index contributed by atoms with van der Waals surface area (Å²) in [6, 6.07) is 10.4. The Kier molecular flexibility index (Phi) is 3.68. The molecule has 0 amide bonds. The minimum absolute atomic E-state index is 0.235. The molecule has 0 unspecified atom stereocenters. The Balaban J connectivity index is 1.71. The van der Waals surface area contributed by atoms with Gasteiger partial charge in [-0.15, -0.1) is 0 Å². The van der Waals surface area contributed by atoms with Crippen LogP contribution < -0.4 is 10.6 Å². The molecule has 0 spiro atoms. The molecule has 0 aliphatic carbocycles. The van der Waals surface area contributed by atoms with E-state index in [0.29, 0.717) is 11.7 Å². The largest absolute Gasteiger partial charge is 0.371 e. The second kappa shape index (κ2) is 5.48. The maximum Gasteiger partial charge on any atom is 0.229 e. The van der Waals surface area contributed by atoms with Crippen LogP contribution in [0.3, 0.4) is 0 Å². The fraction of sp³-hybridized carbons (Fsp3) is 0.500. The summed E-state index contributed by atoms with van der Waals surface area (Å²) in [5, 5.41) is 4.10. The molecule has 5 nitrogen and oxygen atoms in total. The van der Waals surface area contributed by atoms with Crippen LogP contribution in [0.15, 0.2) is 34.9 Å². The Morgan fingerprint density at radius 3 is 2.43 bits per heavy atom. The van der Waals surface area contributed by atoms with E-state index in [1.165, 1.54) is 5.69 Å². The van der Waals surface area contributed by atoms with Gasteiger partial charge in [0.1, 0.15) is 0 Å². The van der Waals surface area contributed by atoms with Gasteiger partial charge in [-0.25, -0.2) is 0 Å². The zero-order chi connectivity index (χ0) is 14.9. The molecule has 3 rings (SSSR count). The molecule has 0 saturated carbocycles. The van der Waals surface area contributed by atoms with Crippen LogP contribution in [-0.2, 0) is 5.54 Å². The topological polar surface area (TPSA) is 68.2 Å². The zero-order valence-corrected chi connectivity index (χ0v) is 12.6. The van der Waals surface area contributed by atoms with E-state index in [1.54, 1.807) is 0 Å². The maximum absolute atomic E-state index is 6.52. The first-order valence-corrected chi connectivity index (χ1v) is 7.51. The van der Waals surface area contributed by atoms with Crippen molar-refractivity contribution < 1.29 is 4.52 Å². The molecule has 2 N–H and O–H groups in total. The van der Waals surface area contributed by atoms with Crippen LogP contribution in [0.1, 0.15) is 44.3 Å². The van der Waals surface area contributed by atoms with Crippen LogP contribution in [0.4, 0.5) is 5.69 Å². The zero-order valence-electron chi connectivity index (χ0n) is 12.6. The number of para-hydroxylation sites is 1. The summed E-state index contributed by atoms with van der Waals surface area (Å²) in [5.74, 6) is 1.55. The first-order valence-electron chi connectivity index (χ1n) is 7.51. The number of piperidine rings is 1. The molecule has 1 aliphatic heterocycles. The van der Waals surface area contributed by atoms with Crippen LogP contribution in [0, 0.1) is 0 Å². The molecule has 1 fully saturated rings. The van der Waals surface area contributed by atoms with Crippen molar-refractivity contribution >= 4 is 5.69 Å². The average Bonchev–Trinajstić information content (AvgIpc) is 3.00. The summed E-state index contributed by atoms with van der Waals surface area (Å²) < 4.78 is 5.30. The Hall–Kier alpha value is -1.88. The lowest BCUT2D eigenvalue weighted by Gasteiger charge is -2.38. The SMILES string of the molecule is CC(C)c1nc(C2(N)CCN(c3ccccc3)CC2)no1. The lowest BCUT2D eigenvalue weighted by molar-refractivity contribution is 0.300. The minimum atomic E-state index is -0.470. The number of rotatable bonds is 3. The fourth-order valence-corrected chi connectivity index (χ4v) is 2.70. The molecule has 112 valence electrons. The lowest BCUT2D eigenvalue weighted by Crippen LogP contribution is -2.49. The fourth-order valence-electron chi connectivity index (χ4n) is 2.70. The first kappa shape index (κ1) is 14.1. The third kappa shape index (κ3) is 2.78. The maximum atomic E-state index is 6.52. The van der Waals surface area contributed by atoms with Crippen molar-refractivity contribution in [3.05, 3.63) is 42.0 Å². The second-order valence-electron chi connectivity index (χ2n) is 6.09. The number of hydrogen-bond donors (Lipinski definition) is 1. The van der Waals surface area contributed by atoms with Crippen molar-refractivity contribution in [2.45, 2.75) is 38.1 Å². The molecule has 0 radical (unpaired) electrons. The molecule has 1 saturated heterocycles. The van der Waals surface area contributed by atoms with Gasteiger partial charge >= 0.3 is 0 Å². The van der Waals surface area contributed by atoms with E-state index in [4.69, 9.17) is 10.3 Å². The third-order valence-corrected chi connectivity index (χ3v) is 4.16. The van der Waals surface area contributed by atoms with Crippen molar-refractivity contribution in [3.8, 4) is 0 Å². The van der Waals surface area contributed by atoms with E-state index >= 15 is 0 Å². The van der Waals surface area contributed by atoms with Gasteiger partial charge in [0.05, 0.1) is 5.54 Å². The Morgan fingerprint density at radius 1 is 1.19 bits per heavy atom. The molecule has 5 heteroatoms. The van der Waals surface area contributed by atoms with E-state index in [0.717, 1.165) is 25.9 Å². The highest BCUT2D eigenvalue weighted by Gasteiger charge is 2.37. The molecular weight excluding hydrogens is 264 g/mol. The van der Waals surface area contributed by atoms with Gasteiger partial charge in [-0.05, 0) is 25.0 Å². The molecule has 1 aromatic heterocycles.